The zero-order chi connectivity index (χ0) is 13.7. The summed E-state index contributed by atoms with van der Waals surface area (Å²) in [6.07, 6.45) is 0. The first-order valence-corrected chi connectivity index (χ1v) is 8.03. The van der Waals surface area contributed by atoms with E-state index in [0.29, 0.717) is 13.1 Å². The lowest BCUT2D eigenvalue weighted by molar-refractivity contribution is 0.287. The van der Waals surface area contributed by atoms with Gasteiger partial charge in [-0.1, -0.05) is 24.0 Å². The Morgan fingerprint density at radius 2 is 2.00 bits per heavy atom. The van der Waals surface area contributed by atoms with Gasteiger partial charge in [0.2, 0.25) is 0 Å². The molecule has 0 bridgehead atoms. The summed E-state index contributed by atoms with van der Waals surface area (Å²) in [7, 11) is -2.82. The van der Waals surface area contributed by atoms with Crippen LogP contribution < -0.4 is 0 Å². The van der Waals surface area contributed by atoms with E-state index in [1.165, 1.54) is 0 Å². The van der Waals surface area contributed by atoms with Gasteiger partial charge < -0.3 is 5.11 Å². The average molecular weight is 279 g/mol. The summed E-state index contributed by atoms with van der Waals surface area (Å²) in [5.41, 5.74) is 1.99. The Morgan fingerprint density at radius 1 is 1.26 bits per heavy atom. The molecular weight excluding hydrogens is 262 g/mol. The standard InChI is InChI=1S/C14H17NO3S/c16-8-2-5-13-3-1-4-14(11-13)12-15-6-9-19(17,18)10-7-15/h1,3-4,11,16H,6-10,12H2. The van der Waals surface area contributed by atoms with Crippen LogP contribution in [0.3, 0.4) is 0 Å². The molecule has 2 rings (SSSR count). The van der Waals surface area contributed by atoms with E-state index in [1.54, 1.807) is 0 Å². The molecule has 0 aromatic heterocycles. The monoisotopic (exact) mass is 279 g/mol. The number of nitrogens with zero attached hydrogens (tertiary/aromatic N) is 1. The quantitative estimate of drug-likeness (QED) is 0.789. The molecule has 1 aliphatic heterocycles. The van der Waals surface area contributed by atoms with Crippen LogP contribution in [0.1, 0.15) is 11.1 Å². The molecular formula is C14H17NO3S. The number of sulfone groups is 1. The number of hydrogen-bond acceptors (Lipinski definition) is 4. The smallest absolute Gasteiger partial charge is 0.152 e. The molecule has 0 amide bonds. The van der Waals surface area contributed by atoms with E-state index in [4.69, 9.17) is 5.11 Å². The van der Waals surface area contributed by atoms with Crippen LogP contribution in [0, 0.1) is 11.8 Å². The maximum atomic E-state index is 11.4. The van der Waals surface area contributed by atoms with Gasteiger partial charge in [-0.25, -0.2) is 8.42 Å². The highest BCUT2D eigenvalue weighted by Gasteiger charge is 2.21. The second-order valence-electron chi connectivity index (χ2n) is 4.59. The summed E-state index contributed by atoms with van der Waals surface area (Å²) < 4.78 is 22.7. The summed E-state index contributed by atoms with van der Waals surface area (Å²) in [5.74, 6) is 5.98. The van der Waals surface area contributed by atoms with Crippen molar-refractivity contribution < 1.29 is 13.5 Å². The van der Waals surface area contributed by atoms with Crippen LogP contribution in [0.4, 0.5) is 0 Å². The van der Waals surface area contributed by atoms with Gasteiger partial charge in [0.15, 0.2) is 9.84 Å². The lowest BCUT2D eigenvalue weighted by Gasteiger charge is -2.26. The second kappa shape index (κ2) is 6.20. The first kappa shape index (κ1) is 14.1. The molecule has 102 valence electrons. The average Bonchev–Trinajstić information content (AvgIpc) is 2.39. The zero-order valence-corrected chi connectivity index (χ0v) is 11.5. The van der Waals surface area contributed by atoms with Crippen LogP contribution in [0.15, 0.2) is 24.3 Å². The van der Waals surface area contributed by atoms with Crippen molar-refractivity contribution in [3.8, 4) is 11.8 Å². The van der Waals surface area contributed by atoms with Crippen molar-refractivity contribution in [1.29, 1.82) is 0 Å². The molecule has 5 heteroatoms. The van der Waals surface area contributed by atoms with Gasteiger partial charge in [-0.15, -0.1) is 0 Å². The Bertz CT molecular complexity index is 585. The van der Waals surface area contributed by atoms with Crippen molar-refractivity contribution >= 4 is 9.84 Å². The van der Waals surface area contributed by atoms with Gasteiger partial charge in [0.1, 0.15) is 6.61 Å². The van der Waals surface area contributed by atoms with Crippen LogP contribution in [0.25, 0.3) is 0 Å². The van der Waals surface area contributed by atoms with Gasteiger partial charge in [0.05, 0.1) is 11.5 Å². The number of rotatable bonds is 2. The Labute approximate surface area is 114 Å². The Kier molecular flexibility index (Phi) is 4.59. The summed E-state index contributed by atoms with van der Waals surface area (Å²) in [4.78, 5) is 2.14. The van der Waals surface area contributed by atoms with Crippen molar-refractivity contribution in [2.24, 2.45) is 0 Å². The first-order valence-electron chi connectivity index (χ1n) is 6.20. The minimum absolute atomic E-state index is 0.145. The van der Waals surface area contributed by atoms with Gasteiger partial charge in [-0.3, -0.25) is 4.90 Å². The van der Waals surface area contributed by atoms with Crippen LogP contribution >= 0.6 is 0 Å². The van der Waals surface area contributed by atoms with E-state index in [-0.39, 0.29) is 18.1 Å². The van der Waals surface area contributed by atoms with Crippen molar-refractivity contribution in [3.05, 3.63) is 35.4 Å². The predicted molar refractivity (Wildman–Crippen MR) is 74.3 cm³/mol. The molecule has 1 aliphatic rings. The molecule has 0 aliphatic carbocycles. The molecule has 0 atom stereocenters. The maximum absolute atomic E-state index is 11.4. The lowest BCUT2D eigenvalue weighted by Crippen LogP contribution is -2.39. The fourth-order valence-corrected chi connectivity index (χ4v) is 3.33. The van der Waals surface area contributed by atoms with Gasteiger partial charge >= 0.3 is 0 Å². The minimum atomic E-state index is -2.82. The third-order valence-corrected chi connectivity index (χ3v) is 4.69. The van der Waals surface area contributed by atoms with Crippen molar-refractivity contribution in [2.45, 2.75) is 6.54 Å². The molecule has 0 unspecified atom stereocenters. The molecule has 1 heterocycles. The van der Waals surface area contributed by atoms with E-state index in [2.05, 4.69) is 16.7 Å². The van der Waals surface area contributed by atoms with Gasteiger partial charge in [-0.2, -0.15) is 0 Å². The molecule has 19 heavy (non-hydrogen) atoms. The largest absolute Gasteiger partial charge is 0.384 e. The number of aliphatic hydroxyl groups excluding tert-OH is 1. The van der Waals surface area contributed by atoms with Crippen LogP contribution in [-0.2, 0) is 16.4 Å². The third kappa shape index (κ3) is 4.35. The fraction of sp³-hybridized carbons (Fsp3) is 0.429. The minimum Gasteiger partial charge on any atom is -0.384 e. The molecule has 4 nitrogen and oxygen atoms in total. The van der Waals surface area contributed by atoms with E-state index in [0.717, 1.165) is 17.7 Å². The molecule has 1 saturated heterocycles. The predicted octanol–water partition coefficient (Wildman–Crippen LogP) is 0.261. The number of aliphatic hydroxyl groups is 1. The number of benzene rings is 1. The van der Waals surface area contributed by atoms with E-state index in [9.17, 15) is 8.42 Å². The highest BCUT2D eigenvalue weighted by molar-refractivity contribution is 7.91. The summed E-state index contributed by atoms with van der Waals surface area (Å²) >= 11 is 0. The maximum Gasteiger partial charge on any atom is 0.152 e. The van der Waals surface area contributed by atoms with Crippen LogP contribution in [0.2, 0.25) is 0 Å². The topological polar surface area (TPSA) is 57.6 Å². The highest BCUT2D eigenvalue weighted by atomic mass is 32.2. The van der Waals surface area contributed by atoms with Crippen molar-refractivity contribution in [1.82, 2.24) is 4.90 Å². The summed E-state index contributed by atoms with van der Waals surface area (Å²) in [5, 5.41) is 8.67. The highest BCUT2D eigenvalue weighted by Crippen LogP contribution is 2.11. The SMILES string of the molecule is O=S1(=O)CCN(Cc2cccc(C#CCO)c2)CC1. The molecule has 0 radical (unpaired) electrons. The van der Waals surface area contributed by atoms with Crippen molar-refractivity contribution in [3.63, 3.8) is 0 Å². The summed E-state index contributed by atoms with van der Waals surface area (Å²) in [6.45, 7) is 1.78. The Morgan fingerprint density at radius 3 is 2.68 bits per heavy atom. The van der Waals surface area contributed by atoms with Crippen LogP contribution in [-0.4, -0.2) is 49.6 Å². The normalized spacial score (nSPS) is 18.6. The van der Waals surface area contributed by atoms with Gasteiger partial charge in [0.25, 0.3) is 0 Å². The Balaban J connectivity index is 2.00. The number of hydrogen-bond donors (Lipinski definition) is 1. The molecule has 1 fully saturated rings. The molecule has 0 spiro atoms. The second-order valence-corrected chi connectivity index (χ2v) is 6.89. The first-order chi connectivity index (χ1) is 9.09. The van der Waals surface area contributed by atoms with E-state index < -0.39 is 9.84 Å². The van der Waals surface area contributed by atoms with E-state index >= 15 is 0 Å². The zero-order valence-electron chi connectivity index (χ0n) is 10.7. The molecule has 1 aromatic rings. The molecule has 1 N–H and O–H groups in total. The van der Waals surface area contributed by atoms with E-state index in [1.807, 2.05) is 24.3 Å². The summed E-state index contributed by atoms with van der Waals surface area (Å²) in [6, 6.07) is 7.81. The van der Waals surface area contributed by atoms with Gasteiger partial charge in [-0.05, 0) is 17.7 Å². The Hall–Kier alpha value is -1.35. The molecule has 1 aromatic carbocycles. The van der Waals surface area contributed by atoms with Gasteiger partial charge in [0, 0.05) is 25.2 Å². The van der Waals surface area contributed by atoms with Crippen molar-refractivity contribution in [2.75, 3.05) is 31.2 Å². The molecule has 0 saturated carbocycles. The lowest BCUT2D eigenvalue weighted by atomic mass is 10.1. The third-order valence-electron chi connectivity index (χ3n) is 3.08. The van der Waals surface area contributed by atoms with Crippen LogP contribution in [0.5, 0.6) is 0 Å². The fourth-order valence-electron chi connectivity index (χ4n) is 2.06.